The van der Waals surface area contributed by atoms with Gasteiger partial charge in [0.25, 0.3) is 5.91 Å². The molecule has 0 atom stereocenters. The second kappa shape index (κ2) is 9.35. The maximum absolute atomic E-state index is 13.2. The van der Waals surface area contributed by atoms with Crippen LogP contribution in [0.15, 0.2) is 78.5 Å². The third kappa shape index (κ3) is 4.34. The number of aromatic nitrogens is 4. The molecular weight excluding hydrogens is 444 g/mol. The molecule has 0 spiro atoms. The first-order valence-corrected chi connectivity index (χ1v) is 11.3. The smallest absolute Gasteiger partial charge is 0.310 e. The predicted octanol–water partition coefficient (Wildman–Crippen LogP) is 1.28. The van der Waals surface area contributed by atoms with E-state index in [-0.39, 0.29) is 17.2 Å². The first kappa shape index (κ1) is 22.2. The van der Waals surface area contributed by atoms with Crippen LogP contribution < -0.4 is 10.6 Å². The Bertz CT molecular complexity index is 1450. The molecular formula is C25H25N8O2+. The number of pyridine rings is 1. The SMILES string of the molecule is C[NH2+]C(C(=O)Nc1ccn2cc(-c3ccccc3)nc2c1)=C(C=N)C(=O)N1CCn2ccnc2C1. The number of hydrogen-bond donors (Lipinski definition) is 3. The number of quaternary nitrogens is 1. The summed E-state index contributed by atoms with van der Waals surface area (Å²) in [5.41, 5.74) is 3.24. The molecule has 0 saturated heterocycles. The Kier molecular flexibility index (Phi) is 5.94. The Labute approximate surface area is 201 Å². The number of amides is 2. The lowest BCUT2D eigenvalue weighted by atomic mass is 10.1. The van der Waals surface area contributed by atoms with Crippen molar-refractivity contribution in [1.29, 1.82) is 5.41 Å². The van der Waals surface area contributed by atoms with Crippen molar-refractivity contribution in [2.24, 2.45) is 0 Å². The highest BCUT2D eigenvalue weighted by atomic mass is 16.2. The van der Waals surface area contributed by atoms with E-state index in [9.17, 15) is 9.59 Å². The fourth-order valence-electron chi connectivity index (χ4n) is 4.19. The van der Waals surface area contributed by atoms with Crippen molar-refractivity contribution in [1.82, 2.24) is 23.8 Å². The zero-order valence-electron chi connectivity index (χ0n) is 19.2. The standard InChI is InChI=1S/C25H24N8O2/c1-27-23(19(14-26)25(35)33-12-11-31-10-8-28-22(31)16-33)24(34)29-18-7-9-32-15-20(30-21(32)13-18)17-5-3-2-4-6-17/h2-10,13-15,26-27H,11-12,16H2,1H3,(H,29,34)/p+1. The number of rotatable bonds is 6. The summed E-state index contributed by atoms with van der Waals surface area (Å²) in [7, 11) is 1.68. The van der Waals surface area contributed by atoms with Crippen LogP contribution in [0.3, 0.4) is 0 Å². The van der Waals surface area contributed by atoms with Crippen molar-refractivity contribution >= 4 is 29.4 Å². The molecule has 176 valence electrons. The highest BCUT2D eigenvalue weighted by Crippen LogP contribution is 2.21. The van der Waals surface area contributed by atoms with E-state index in [1.807, 2.05) is 57.9 Å². The van der Waals surface area contributed by atoms with Gasteiger partial charge in [0, 0.05) is 61.4 Å². The van der Waals surface area contributed by atoms with Gasteiger partial charge in [0.2, 0.25) is 5.70 Å². The predicted molar refractivity (Wildman–Crippen MR) is 131 cm³/mol. The van der Waals surface area contributed by atoms with Gasteiger partial charge in [-0.15, -0.1) is 0 Å². The number of fused-ring (bicyclic) bond motifs is 2. The highest BCUT2D eigenvalue weighted by molar-refractivity contribution is 6.18. The molecule has 0 aliphatic carbocycles. The second-order valence-electron chi connectivity index (χ2n) is 8.15. The first-order valence-electron chi connectivity index (χ1n) is 11.3. The van der Waals surface area contributed by atoms with E-state index in [1.54, 1.807) is 35.6 Å². The van der Waals surface area contributed by atoms with Crippen LogP contribution in [0.1, 0.15) is 5.82 Å². The van der Waals surface area contributed by atoms with E-state index in [1.165, 1.54) is 0 Å². The summed E-state index contributed by atoms with van der Waals surface area (Å²) in [6, 6.07) is 13.4. The molecule has 0 unspecified atom stereocenters. The molecule has 2 amide bonds. The number of nitrogens with zero attached hydrogens (tertiary/aromatic N) is 5. The lowest BCUT2D eigenvalue weighted by Crippen LogP contribution is -2.80. The molecule has 0 saturated carbocycles. The molecule has 10 heteroatoms. The largest absolute Gasteiger partial charge is 0.332 e. The van der Waals surface area contributed by atoms with Crippen LogP contribution in [0.25, 0.3) is 16.9 Å². The monoisotopic (exact) mass is 469 g/mol. The first-order chi connectivity index (χ1) is 17.1. The number of benzene rings is 1. The van der Waals surface area contributed by atoms with Gasteiger partial charge < -0.3 is 29.9 Å². The number of imidazole rings is 2. The Morgan fingerprint density at radius 3 is 2.74 bits per heavy atom. The van der Waals surface area contributed by atoms with Gasteiger partial charge in [-0.1, -0.05) is 30.3 Å². The minimum atomic E-state index is -0.461. The molecule has 4 heterocycles. The van der Waals surface area contributed by atoms with Gasteiger partial charge in [-0.3, -0.25) is 9.59 Å². The molecule has 0 fully saturated rings. The van der Waals surface area contributed by atoms with Crippen molar-refractivity contribution in [3.63, 3.8) is 0 Å². The fourth-order valence-corrected chi connectivity index (χ4v) is 4.19. The number of hydrogen-bond acceptors (Lipinski definition) is 5. The van der Waals surface area contributed by atoms with E-state index in [4.69, 9.17) is 5.41 Å². The van der Waals surface area contributed by atoms with Gasteiger partial charge in [0.15, 0.2) is 0 Å². The highest BCUT2D eigenvalue weighted by Gasteiger charge is 2.29. The molecule has 1 aliphatic rings. The summed E-state index contributed by atoms with van der Waals surface area (Å²) in [5, 5.41) is 12.3. The summed E-state index contributed by atoms with van der Waals surface area (Å²) in [6.45, 7) is 1.44. The number of carbonyl (C=O) groups excluding carboxylic acids is 2. The van der Waals surface area contributed by atoms with Crippen LogP contribution in [0.5, 0.6) is 0 Å². The number of likely N-dealkylation sites (N-methyl/N-ethyl adjacent to an activating group) is 1. The fraction of sp³-hybridized carbons (Fsp3) is 0.160. The number of nitrogens with two attached hydrogens (primary N) is 1. The van der Waals surface area contributed by atoms with Crippen molar-refractivity contribution in [2.45, 2.75) is 13.1 Å². The third-order valence-corrected chi connectivity index (χ3v) is 6.02. The summed E-state index contributed by atoms with van der Waals surface area (Å²) in [5.74, 6) is -0.0472. The normalized spacial score (nSPS) is 13.8. The lowest BCUT2D eigenvalue weighted by Gasteiger charge is -2.28. The molecule has 1 aromatic carbocycles. The number of carbonyl (C=O) groups is 2. The van der Waals surface area contributed by atoms with Gasteiger partial charge >= 0.3 is 5.91 Å². The Balaban J connectivity index is 1.37. The van der Waals surface area contributed by atoms with E-state index in [0.717, 1.165) is 23.3 Å². The second-order valence-corrected chi connectivity index (χ2v) is 8.15. The van der Waals surface area contributed by atoms with Gasteiger partial charge in [-0.25, -0.2) is 9.97 Å². The van der Waals surface area contributed by atoms with E-state index in [0.29, 0.717) is 31.0 Å². The zero-order valence-corrected chi connectivity index (χ0v) is 19.2. The molecule has 35 heavy (non-hydrogen) atoms. The van der Waals surface area contributed by atoms with Crippen LogP contribution >= 0.6 is 0 Å². The van der Waals surface area contributed by atoms with Crippen molar-refractivity contribution in [2.75, 3.05) is 18.9 Å². The molecule has 1 aliphatic heterocycles. The number of nitrogens with one attached hydrogen (secondary N) is 2. The Morgan fingerprint density at radius 2 is 1.97 bits per heavy atom. The summed E-state index contributed by atoms with van der Waals surface area (Å²) in [4.78, 5) is 36.9. The minimum Gasteiger partial charge on any atom is -0.332 e. The summed E-state index contributed by atoms with van der Waals surface area (Å²) >= 11 is 0. The van der Waals surface area contributed by atoms with Gasteiger partial charge in [-0.05, 0) is 6.07 Å². The third-order valence-electron chi connectivity index (χ3n) is 6.02. The van der Waals surface area contributed by atoms with E-state index in [2.05, 4.69) is 15.3 Å². The lowest BCUT2D eigenvalue weighted by molar-refractivity contribution is -0.570. The number of anilines is 1. The average Bonchev–Trinajstić information content (AvgIpc) is 3.53. The molecule has 5 rings (SSSR count). The Hall–Kier alpha value is -4.57. The van der Waals surface area contributed by atoms with E-state index >= 15 is 0 Å². The summed E-state index contributed by atoms with van der Waals surface area (Å²) in [6.07, 6.45) is 8.28. The van der Waals surface area contributed by atoms with Crippen LogP contribution in [-0.2, 0) is 22.7 Å². The van der Waals surface area contributed by atoms with Crippen LogP contribution in [0.2, 0.25) is 0 Å². The summed E-state index contributed by atoms with van der Waals surface area (Å²) < 4.78 is 3.87. The van der Waals surface area contributed by atoms with Gasteiger partial charge in [-0.2, -0.15) is 0 Å². The molecule has 4 N–H and O–H groups in total. The molecule has 3 aromatic heterocycles. The zero-order chi connectivity index (χ0) is 24.4. The average molecular weight is 470 g/mol. The van der Waals surface area contributed by atoms with Crippen molar-refractivity contribution < 1.29 is 14.9 Å². The maximum Gasteiger partial charge on any atom is 0.310 e. The van der Waals surface area contributed by atoms with Crippen LogP contribution in [0, 0.1) is 5.41 Å². The van der Waals surface area contributed by atoms with Crippen molar-refractivity contribution in [3.8, 4) is 11.3 Å². The maximum atomic E-state index is 13.2. The molecule has 4 aromatic rings. The molecule has 0 radical (unpaired) electrons. The topological polar surface area (TPSA) is 125 Å². The molecule has 0 bridgehead atoms. The van der Waals surface area contributed by atoms with E-state index < -0.39 is 5.91 Å². The minimum absolute atomic E-state index is 0.0401. The van der Waals surface area contributed by atoms with Gasteiger partial charge in [0.1, 0.15) is 17.0 Å². The van der Waals surface area contributed by atoms with Crippen LogP contribution in [-0.4, -0.2) is 55.5 Å². The molecule has 10 nitrogen and oxygen atoms in total. The Morgan fingerprint density at radius 1 is 1.14 bits per heavy atom. The van der Waals surface area contributed by atoms with Crippen molar-refractivity contribution in [3.05, 3.63) is 84.3 Å². The quantitative estimate of drug-likeness (QED) is 0.291. The van der Waals surface area contributed by atoms with Gasteiger partial charge in [0.05, 0.1) is 19.3 Å². The van der Waals surface area contributed by atoms with Crippen LogP contribution in [0.4, 0.5) is 5.69 Å².